The first-order valence-corrected chi connectivity index (χ1v) is 5.37. The van der Waals surface area contributed by atoms with Crippen LogP contribution >= 0.6 is 11.6 Å². The molecule has 72 valence electrons. The van der Waals surface area contributed by atoms with Gasteiger partial charge in [-0.15, -0.1) is 11.6 Å². The maximum Gasteiger partial charge on any atom is 0.0937 e. The predicted octanol–water partition coefficient (Wildman–Crippen LogP) is 3.79. The number of rotatable bonds is 1. The van der Waals surface area contributed by atoms with Crippen LogP contribution in [0.15, 0.2) is 23.0 Å². The van der Waals surface area contributed by atoms with Gasteiger partial charge in [0.15, 0.2) is 0 Å². The van der Waals surface area contributed by atoms with Gasteiger partial charge in [0.1, 0.15) is 0 Å². The summed E-state index contributed by atoms with van der Waals surface area (Å²) in [6.45, 7) is 2.31. The second-order valence-electron chi connectivity index (χ2n) is 4.05. The Hall–Kier alpha value is -0.430. The largest absolute Gasteiger partial charge is 0.472 e. The van der Waals surface area contributed by atoms with E-state index < -0.39 is 0 Å². The molecule has 1 heterocycles. The van der Waals surface area contributed by atoms with Crippen LogP contribution in [-0.2, 0) is 0 Å². The van der Waals surface area contributed by atoms with Gasteiger partial charge in [-0.3, -0.25) is 0 Å². The molecular formula is C11H15ClO. The molecule has 3 atom stereocenters. The molecule has 0 spiro atoms. The summed E-state index contributed by atoms with van der Waals surface area (Å²) < 4.78 is 5.11. The molecule has 1 nitrogen and oxygen atoms in total. The second-order valence-corrected chi connectivity index (χ2v) is 4.67. The molecule has 1 aromatic heterocycles. The van der Waals surface area contributed by atoms with Crippen molar-refractivity contribution in [3.63, 3.8) is 0 Å². The zero-order valence-corrected chi connectivity index (χ0v) is 8.63. The van der Waals surface area contributed by atoms with Crippen molar-refractivity contribution in [1.82, 2.24) is 0 Å². The summed E-state index contributed by atoms with van der Waals surface area (Å²) in [7, 11) is 0. The first-order valence-electron chi connectivity index (χ1n) is 4.93. The van der Waals surface area contributed by atoms with Crippen molar-refractivity contribution < 1.29 is 4.42 Å². The summed E-state index contributed by atoms with van der Waals surface area (Å²) in [5.74, 6) is 1.35. The highest BCUT2D eigenvalue weighted by Crippen LogP contribution is 2.39. The van der Waals surface area contributed by atoms with Gasteiger partial charge in [-0.2, -0.15) is 0 Å². The Morgan fingerprint density at radius 2 is 2.31 bits per heavy atom. The number of hydrogen-bond donors (Lipinski definition) is 0. The van der Waals surface area contributed by atoms with Crippen LogP contribution in [0.1, 0.15) is 37.7 Å². The second kappa shape index (κ2) is 3.75. The van der Waals surface area contributed by atoms with Gasteiger partial charge >= 0.3 is 0 Å². The lowest BCUT2D eigenvalue weighted by molar-refractivity contribution is 0.333. The summed E-state index contributed by atoms with van der Waals surface area (Å²) >= 11 is 6.16. The maximum absolute atomic E-state index is 6.16. The van der Waals surface area contributed by atoms with E-state index in [9.17, 15) is 0 Å². The van der Waals surface area contributed by atoms with E-state index in [0.29, 0.717) is 11.3 Å². The van der Waals surface area contributed by atoms with Crippen LogP contribution in [-0.4, -0.2) is 5.38 Å². The fourth-order valence-electron chi connectivity index (χ4n) is 2.22. The third kappa shape index (κ3) is 1.91. The average molecular weight is 199 g/mol. The van der Waals surface area contributed by atoms with Gasteiger partial charge in [-0.25, -0.2) is 0 Å². The first kappa shape index (κ1) is 9.14. The SMILES string of the molecule is CC1CCC(Cl)CC1c1ccoc1. The fourth-order valence-corrected chi connectivity index (χ4v) is 2.54. The molecule has 2 heteroatoms. The molecule has 13 heavy (non-hydrogen) atoms. The summed E-state index contributed by atoms with van der Waals surface area (Å²) in [5.41, 5.74) is 1.32. The highest BCUT2D eigenvalue weighted by atomic mass is 35.5. The van der Waals surface area contributed by atoms with Gasteiger partial charge in [-0.1, -0.05) is 6.92 Å². The van der Waals surface area contributed by atoms with Gasteiger partial charge in [0.2, 0.25) is 0 Å². The zero-order chi connectivity index (χ0) is 9.26. The Kier molecular flexibility index (Phi) is 2.63. The highest BCUT2D eigenvalue weighted by molar-refractivity contribution is 6.20. The quantitative estimate of drug-likeness (QED) is 0.626. The third-order valence-electron chi connectivity index (χ3n) is 3.10. The molecule has 0 bridgehead atoms. The number of halogens is 1. The predicted molar refractivity (Wildman–Crippen MR) is 54.1 cm³/mol. The third-order valence-corrected chi connectivity index (χ3v) is 3.50. The van der Waals surface area contributed by atoms with Gasteiger partial charge in [0, 0.05) is 5.38 Å². The first-order chi connectivity index (χ1) is 6.27. The summed E-state index contributed by atoms with van der Waals surface area (Å²) in [5, 5.41) is 0.358. The molecule has 2 rings (SSSR count). The summed E-state index contributed by atoms with van der Waals surface area (Å²) in [4.78, 5) is 0. The molecule has 0 amide bonds. The van der Waals surface area contributed by atoms with Gasteiger partial charge in [0.05, 0.1) is 12.5 Å². The standard InChI is InChI=1S/C11H15ClO/c1-8-2-3-10(12)6-11(8)9-4-5-13-7-9/h4-5,7-8,10-11H,2-3,6H2,1H3. The molecule has 1 aliphatic rings. The Morgan fingerprint density at radius 3 is 3.00 bits per heavy atom. The summed E-state index contributed by atoms with van der Waals surface area (Å²) in [6.07, 6.45) is 7.11. The molecule has 1 aromatic rings. The minimum Gasteiger partial charge on any atom is -0.472 e. The smallest absolute Gasteiger partial charge is 0.0937 e. The van der Waals surface area contributed by atoms with E-state index in [1.807, 2.05) is 6.26 Å². The molecule has 1 aliphatic carbocycles. The van der Waals surface area contributed by atoms with Crippen molar-refractivity contribution in [2.45, 2.75) is 37.5 Å². The van der Waals surface area contributed by atoms with Crippen molar-refractivity contribution in [1.29, 1.82) is 0 Å². The highest BCUT2D eigenvalue weighted by Gasteiger charge is 2.28. The number of alkyl halides is 1. The van der Waals surface area contributed by atoms with Crippen molar-refractivity contribution >= 4 is 11.6 Å². The number of furan rings is 1. The lowest BCUT2D eigenvalue weighted by Crippen LogP contribution is -2.21. The van der Waals surface area contributed by atoms with Crippen molar-refractivity contribution in [3.05, 3.63) is 24.2 Å². The van der Waals surface area contributed by atoms with E-state index in [2.05, 4.69) is 13.0 Å². The van der Waals surface area contributed by atoms with E-state index in [4.69, 9.17) is 16.0 Å². The maximum atomic E-state index is 6.16. The normalized spacial score (nSPS) is 34.8. The van der Waals surface area contributed by atoms with Gasteiger partial charge < -0.3 is 4.42 Å². The minimum absolute atomic E-state index is 0.358. The van der Waals surface area contributed by atoms with Crippen LogP contribution in [0.4, 0.5) is 0 Å². The van der Waals surface area contributed by atoms with E-state index >= 15 is 0 Å². The molecule has 0 saturated heterocycles. The monoisotopic (exact) mass is 198 g/mol. The zero-order valence-electron chi connectivity index (χ0n) is 7.87. The van der Waals surface area contributed by atoms with Gasteiger partial charge in [-0.05, 0) is 42.7 Å². The molecule has 0 aliphatic heterocycles. The Bertz CT molecular complexity index is 255. The molecule has 1 fully saturated rings. The van der Waals surface area contributed by atoms with Crippen molar-refractivity contribution in [2.75, 3.05) is 0 Å². The van der Waals surface area contributed by atoms with Crippen molar-refractivity contribution in [2.24, 2.45) is 5.92 Å². The lowest BCUT2D eigenvalue weighted by Gasteiger charge is -2.30. The molecular weight excluding hydrogens is 184 g/mol. The van der Waals surface area contributed by atoms with Crippen molar-refractivity contribution in [3.8, 4) is 0 Å². The Balaban J connectivity index is 2.12. The number of hydrogen-bond acceptors (Lipinski definition) is 1. The molecule has 3 unspecified atom stereocenters. The minimum atomic E-state index is 0.358. The molecule has 0 N–H and O–H groups in total. The van der Waals surface area contributed by atoms with Crippen LogP contribution in [0.5, 0.6) is 0 Å². The average Bonchev–Trinajstić information content (AvgIpc) is 2.61. The molecule has 1 saturated carbocycles. The topological polar surface area (TPSA) is 13.1 Å². The Labute approximate surface area is 84.1 Å². The van der Waals surface area contributed by atoms with E-state index in [1.54, 1.807) is 6.26 Å². The lowest BCUT2D eigenvalue weighted by atomic mass is 9.77. The van der Waals surface area contributed by atoms with E-state index in [0.717, 1.165) is 18.8 Å². The fraction of sp³-hybridized carbons (Fsp3) is 0.636. The van der Waals surface area contributed by atoms with E-state index in [1.165, 1.54) is 12.0 Å². The van der Waals surface area contributed by atoms with Crippen LogP contribution in [0, 0.1) is 5.92 Å². The molecule has 0 radical (unpaired) electrons. The van der Waals surface area contributed by atoms with Crippen LogP contribution in [0.2, 0.25) is 0 Å². The van der Waals surface area contributed by atoms with E-state index in [-0.39, 0.29) is 0 Å². The van der Waals surface area contributed by atoms with Crippen LogP contribution < -0.4 is 0 Å². The van der Waals surface area contributed by atoms with Crippen LogP contribution in [0.25, 0.3) is 0 Å². The summed E-state index contributed by atoms with van der Waals surface area (Å²) in [6, 6.07) is 2.07. The Morgan fingerprint density at radius 1 is 1.46 bits per heavy atom. The van der Waals surface area contributed by atoms with Gasteiger partial charge in [0.25, 0.3) is 0 Å². The van der Waals surface area contributed by atoms with Crippen LogP contribution in [0.3, 0.4) is 0 Å². The molecule has 0 aromatic carbocycles.